The van der Waals surface area contributed by atoms with E-state index in [4.69, 9.17) is 4.52 Å². The van der Waals surface area contributed by atoms with Gasteiger partial charge in [-0.2, -0.15) is 4.98 Å². The first-order valence-corrected chi connectivity index (χ1v) is 9.80. The van der Waals surface area contributed by atoms with Crippen molar-refractivity contribution in [1.29, 1.82) is 0 Å². The Labute approximate surface area is 172 Å². The minimum absolute atomic E-state index is 0.0843. The fraction of sp³-hybridized carbons (Fsp3) is 0.273. The van der Waals surface area contributed by atoms with Gasteiger partial charge in [0.15, 0.2) is 0 Å². The number of aryl methyl sites for hydroxylation is 1. The molecular formula is C22H21N5O3. The van der Waals surface area contributed by atoms with Gasteiger partial charge >= 0.3 is 0 Å². The quantitative estimate of drug-likeness (QED) is 0.540. The standard InChI is InChI=1S/C22H21N5O3/c1-13-6-7-14(19-25-21(30-26-19)15-10-22(2,29)11-15)9-16(13)24-20(28)17-12-23-18-5-3-4-8-27(17)18/h3-9,12,15,29H,10-11H2,1-2H3,(H,24,28). The van der Waals surface area contributed by atoms with Crippen LogP contribution in [-0.4, -0.2) is 36.1 Å². The van der Waals surface area contributed by atoms with Crippen molar-refractivity contribution >= 4 is 17.2 Å². The van der Waals surface area contributed by atoms with Gasteiger partial charge in [0, 0.05) is 23.4 Å². The lowest BCUT2D eigenvalue weighted by atomic mass is 9.72. The molecule has 3 aromatic heterocycles. The number of hydrogen-bond acceptors (Lipinski definition) is 6. The fourth-order valence-corrected chi connectivity index (χ4v) is 3.88. The lowest BCUT2D eigenvalue weighted by molar-refractivity contribution is -0.0386. The van der Waals surface area contributed by atoms with Crippen molar-refractivity contribution in [3.05, 3.63) is 65.9 Å². The SMILES string of the molecule is Cc1ccc(-c2noc(C3CC(C)(O)C3)n2)cc1NC(=O)c1cnc2ccccn12. The number of nitrogens with one attached hydrogen (secondary N) is 1. The van der Waals surface area contributed by atoms with Crippen LogP contribution in [0.15, 0.2) is 53.3 Å². The summed E-state index contributed by atoms with van der Waals surface area (Å²) in [5, 5.41) is 17.0. The number of imidazole rings is 1. The molecule has 0 spiro atoms. The molecule has 0 aliphatic heterocycles. The number of fused-ring (bicyclic) bond motifs is 1. The Hall–Kier alpha value is -3.52. The van der Waals surface area contributed by atoms with Crippen molar-refractivity contribution < 1.29 is 14.4 Å². The number of carbonyl (C=O) groups is 1. The third kappa shape index (κ3) is 3.25. The largest absolute Gasteiger partial charge is 0.390 e. The van der Waals surface area contributed by atoms with E-state index in [1.807, 2.05) is 43.3 Å². The molecule has 1 saturated carbocycles. The third-order valence-corrected chi connectivity index (χ3v) is 5.56. The van der Waals surface area contributed by atoms with Gasteiger partial charge in [0.1, 0.15) is 11.3 Å². The summed E-state index contributed by atoms with van der Waals surface area (Å²) in [6, 6.07) is 11.2. The Morgan fingerprint density at radius 2 is 2.13 bits per heavy atom. The first-order chi connectivity index (χ1) is 14.4. The molecule has 3 heterocycles. The summed E-state index contributed by atoms with van der Waals surface area (Å²) in [4.78, 5) is 21.6. The Kier molecular flexibility index (Phi) is 4.18. The maximum absolute atomic E-state index is 12.8. The highest BCUT2D eigenvalue weighted by Crippen LogP contribution is 2.44. The average molecular weight is 403 g/mol. The number of rotatable bonds is 4. The Morgan fingerprint density at radius 3 is 2.93 bits per heavy atom. The van der Waals surface area contributed by atoms with Gasteiger partial charge in [-0.3, -0.25) is 9.20 Å². The summed E-state index contributed by atoms with van der Waals surface area (Å²) >= 11 is 0. The maximum Gasteiger partial charge on any atom is 0.274 e. The lowest BCUT2D eigenvalue weighted by Gasteiger charge is -2.38. The molecule has 152 valence electrons. The third-order valence-electron chi connectivity index (χ3n) is 5.56. The van der Waals surface area contributed by atoms with Crippen LogP contribution < -0.4 is 5.32 Å². The normalized spacial score (nSPS) is 20.8. The van der Waals surface area contributed by atoms with E-state index in [2.05, 4.69) is 20.4 Å². The summed E-state index contributed by atoms with van der Waals surface area (Å²) in [7, 11) is 0. The first kappa shape index (κ1) is 18.5. The molecule has 0 unspecified atom stereocenters. The molecule has 8 nitrogen and oxygen atoms in total. The topological polar surface area (TPSA) is 106 Å². The van der Waals surface area contributed by atoms with Gasteiger partial charge in [-0.05, 0) is 50.5 Å². The van der Waals surface area contributed by atoms with E-state index in [0.29, 0.717) is 41.6 Å². The number of pyridine rings is 1. The molecule has 0 radical (unpaired) electrons. The van der Waals surface area contributed by atoms with Crippen LogP contribution in [0.3, 0.4) is 0 Å². The Bertz CT molecular complexity index is 1250. The second kappa shape index (κ2) is 6.77. The molecule has 8 heteroatoms. The molecule has 1 amide bonds. The molecule has 1 aliphatic carbocycles. The lowest BCUT2D eigenvalue weighted by Crippen LogP contribution is -2.39. The van der Waals surface area contributed by atoms with Crippen LogP contribution in [0.5, 0.6) is 0 Å². The summed E-state index contributed by atoms with van der Waals surface area (Å²) in [5.74, 6) is 0.829. The smallest absolute Gasteiger partial charge is 0.274 e. The van der Waals surface area contributed by atoms with Crippen molar-refractivity contribution in [3.63, 3.8) is 0 Å². The zero-order valence-electron chi connectivity index (χ0n) is 16.7. The van der Waals surface area contributed by atoms with Crippen LogP contribution in [0.25, 0.3) is 17.0 Å². The van der Waals surface area contributed by atoms with Crippen LogP contribution in [0.4, 0.5) is 5.69 Å². The molecule has 5 rings (SSSR count). The summed E-state index contributed by atoms with van der Waals surface area (Å²) in [6.45, 7) is 3.73. The number of aromatic nitrogens is 4. The minimum atomic E-state index is -0.654. The number of amides is 1. The van der Waals surface area contributed by atoms with Gasteiger partial charge in [-0.1, -0.05) is 23.4 Å². The van der Waals surface area contributed by atoms with Gasteiger partial charge in [0.2, 0.25) is 11.7 Å². The minimum Gasteiger partial charge on any atom is -0.390 e. The molecule has 1 aromatic carbocycles. The molecule has 0 bridgehead atoms. The number of nitrogens with zero attached hydrogens (tertiary/aromatic N) is 4. The van der Waals surface area contributed by atoms with Crippen LogP contribution in [0, 0.1) is 6.92 Å². The predicted molar refractivity (Wildman–Crippen MR) is 110 cm³/mol. The highest BCUT2D eigenvalue weighted by molar-refractivity contribution is 6.04. The summed E-state index contributed by atoms with van der Waals surface area (Å²) in [5.41, 5.74) is 2.84. The number of aliphatic hydroxyl groups is 1. The van der Waals surface area contributed by atoms with Crippen molar-refractivity contribution in [2.24, 2.45) is 0 Å². The second-order valence-electron chi connectivity index (χ2n) is 8.11. The number of carbonyl (C=O) groups excluding carboxylic acids is 1. The van der Waals surface area contributed by atoms with E-state index in [0.717, 1.165) is 11.1 Å². The van der Waals surface area contributed by atoms with E-state index in [1.165, 1.54) is 0 Å². The van der Waals surface area contributed by atoms with Crippen molar-refractivity contribution in [2.45, 2.75) is 38.2 Å². The highest BCUT2D eigenvalue weighted by Gasteiger charge is 2.42. The number of hydrogen-bond donors (Lipinski definition) is 2. The molecule has 4 aromatic rings. The summed E-state index contributed by atoms with van der Waals surface area (Å²) in [6.07, 6.45) is 4.59. The van der Waals surface area contributed by atoms with Gasteiger partial charge in [0.25, 0.3) is 5.91 Å². The van der Waals surface area contributed by atoms with Crippen molar-refractivity contribution in [1.82, 2.24) is 19.5 Å². The second-order valence-corrected chi connectivity index (χ2v) is 8.11. The van der Waals surface area contributed by atoms with Crippen molar-refractivity contribution in [2.75, 3.05) is 5.32 Å². The Morgan fingerprint density at radius 1 is 1.30 bits per heavy atom. The van der Waals surface area contributed by atoms with Crippen LogP contribution in [0.1, 0.15) is 47.6 Å². The van der Waals surface area contributed by atoms with Crippen molar-refractivity contribution in [3.8, 4) is 11.4 Å². The molecule has 0 saturated heterocycles. The van der Waals surface area contributed by atoms with E-state index < -0.39 is 5.60 Å². The summed E-state index contributed by atoms with van der Waals surface area (Å²) < 4.78 is 7.15. The van der Waals surface area contributed by atoms with Gasteiger partial charge in [-0.15, -0.1) is 0 Å². The van der Waals surface area contributed by atoms with E-state index in [1.54, 1.807) is 23.7 Å². The predicted octanol–water partition coefficient (Wildman–Crippen LogP) is 3.57. The first-order valence-electron chi connectivity index (χ1n) is 9.80. The van der Waals surface area contributed by atoms with E-state index >= 15 is 0 Å². The molecule has 2 N–H and O–H groups in total. The molecular weight excluding hydrogens is 382 g/mol. The molecule has 0 atom stereocenters. The molecule has 1 fully saturated rings. The van der Waals surface area contributed by atoms with E-state index in [-0.39, 0.29) is 11.8 Å². The van der Waals surface area contributed by atoms with Crippen LogP contribution >= 0.6 is 0 Å². The molecule has 1 aliphatic rings. The molecule has 30 heavy (non-hydrogen) atoms. The number of benzene rings is 1. The van der Waals surface area contributed by atoms with Gasteiger partial charge < -0.3 is 14.9 Å². The zero-order valence-corrected chi connectivity index (χ0v) is 16.7. The fourth-order valence-electron chi connectivity index (χ4n) is 3.88. The van der Waals surface area contributed by atoms with Crippen LogP contribution in [0.2, 0.25) is 0 Å². The Balaban J connectivity index is 1.39. The highest BCUT2D eigenvalue weighted by atomic mass is 16.5. The van der Waals surface area contributed by atoms with Gasteiger partial charge in [0.05, 0.1) is 11.8 Å². The average Bonchev–Trinajstić information content (AvgIpc) is 3.35. The number of anilines is 1. The van der Waals surface area contributed by atoms with E-state index in [9.17, 15) is 9.90 Å². The maximum atomic E-state index is 12.8. The monoisotopic (exact) mass is 403 g/mol. The van der Waals surface area contributed by atoms with Gasteiger partial charge in [-0.25, -0.2) is 4.98 Å². The zero-order chi connectivity index (χ0) is 20.9. The van der Waals surface area contributed by atoms with Crippen LogP contribution in [-0.2, 0) is 0 Å².